The van der Waals surface area contributed by atoms with Gasteiger partial charge < -0.3 is 10.0 Å². The van der Waals surface area contributed by atoms with Crippen molar-refractivity contribution in [3.05, 3.63) is 35.1 Å². The summed E-state index contributed by atoms with van der Waals surface area (Å²) in [7, 11) is 0. The van der Waals surface area contributed by atoms with Crippen LogP contribution in [-0.2, 0) is 4.79 Å². The molecule has 1 aromatic carbocycles. The minimum atomic E-state index is -0.875. The van der Waals surface area contributed by atoms with Crippen LogP contribution in [0.3, 0.4) is 0 Å². The van der Waals surface area contributed by atoms with Crippen molar-refractivity contribution in [2.75, 3.05) is 32.7 Å². The molecule has 1 aliphatic heterocycles. The molecule has 1 saturated heterocycles. The van der Waals surface area contributed by atoms with Crippen molar-refractivity contribution in [1.82, 2.24) is 9.80 Å². The summed E-state index contributed by atoms with van der Waals surface area (Å²) in [5, 5.41) is 8.81. The maximum atomic E-state index is 13.8. The highest BCUT2D eigenvalue weighted by Crippen LogP contribution is 2.14. The maximum absolute atomic E-state index is 13.8. The molecule has 1 aliphatic rings. The van der Waals surface area contributed by atoms with Crippen LogP contribution in [0.5, 0.6) is 0 Å². The van der Waals surface area contributed by atoms with E-state index in [1.165, 1.54) is 6.07 Å². The number of hydrogen-bond donors (Lipinski definition) is 1. The number of carbonyl (C=O) groups is 2. The SMILES string of the molecule is Cc1ccc(F)c(C(=O)N2CCCN(CC(=O)O)CC2)c1. The molecular weight excluding hydrogens is 275 g/mol. The number of halogens is 1. The zero-order chi connectivity index (χ0) is 15.4. The Hall–Kier alpha value is -1.95. The summed E-state index contributed by atoms with van der Waals surface area (Å²) in [6, 6.07) is 4.48. The van der Waals surface area contributed by atoms with E-state index < -0.39 is 11.8 Å². The first-order valence-electron chi connectivity index (χ1n) is 6.97. The Morgan fingerprint density at radius 2 is 2.00 bits per heavy atom. The van der Waals surface area contributed by atoms with Crippen LogP contribution in [0.4, 0.5) is 4.39 Å². The van der Waals surface area contributed by atoms with Crippen molar-refractivity contribution in [3.8, 4) is 0 Å². The Morgan fingerprint density at radius 3 is 2.71 bits per heavy atom. The molecule has 1 N–H and O–H groups in total. The lowest BCUT2D eigenvalue weighted by atomic mass is 10.1. The van der Waals surface area contributed by atoms with Crippen molar-refractivity contribution in [1.29, 1.82) is 0 Å². The first-order chi connectivity index (χ1) is 9.97. The molecule has 0 aromatic heterocycles. The van der Waals surface area contributed by atoms with Gasteiger partial charge in [-0.15, -0.1) is 0 Å². The Bertz CT molecular complexity index is 548. The van der Waals surface area contributed by atoms with E-state index in [2.05, 4.69) is 0 Å². The van der Waals surface area contributed by atoms with Crippen LogP contribution in [-0.4, -0.2) is 59.5 Å². The molecule has 2 rings (SSSR count). The zero-order valence-corrected chi connectivity index (χ0v) is 12.0. The normalized spacial score (nSPS) is 16.6. The van der Waals surface area contributed by atoms with Gasteiger partial charge in [0.2, 0.25) is 0 Å². The number of amides is 1. The number of nitrogens with zero attached hydrogens (tertiary/aromatic N) is 2. The number of rotatable bonds is 3. The second-order valence-electron chi connectivity index (χ2n) is 5.30. The smallest absolute Gasteiger partial charge is 0.317 e. The van der Waals surface area contributed by atoms with Crippen molar-refractivity contribution in [2.45, 2.75) is 13.3 Å². The number of aryl methyl sites for hydroxylation is 1. The van der Waals surface area contributed by atoms with Gasteiger partial charge in [-0.05, 0) is 25.5 Å². The lowest BCUT2D eigenvalue weighted by Crippen LogP contribution is -2.37. The fraction of sp³-hybridized carbons (Fsp3) is 0.467. The molecule has 1 amide bonds. The van der Waals surface area contributed by atoms with Gasteiger partial charge >= 0.3 is 5.97 Å². The Balaban J connectivity index is 2.06. The molecule has 6 heteroatoms. The monoisotopic (exact) mass is 294 g/mol. The third-order valence-electron chi connectivity index (χ3n) is 3.59. The predicted octanol–water partition coefficient (Wildman–Crippen LogP) is 1.37. The van der Waals surface area contributed by atoms with Crippen LogP contribution in [0, 0.1) is 12.7 Å². The van der Waals surface area contributed by atoms with Crippen molar-refractivity contribution in [3.63, 3.8) is 0 Å². The van der Waals surface area contributed by atoms with Crippen LogP contribution in [0.1, 0.15) is 22.3 Å². The van der Waals surface area contributed by atoms with Gasteiger partial charge in [0.15, 0.2) is 0 Å². The molecule has 1 aromatic rings. The van der Waals surface area contributed by atoms with E-state index >= 15 is 0 Å². The molecule has 1 fully saturated rings. The summed E-state index contributed by atoms with van der Waals surface area (Å²) in [5.74, 6) is -1.72. The molecule has 21 heavy (non-hydrogen) atoms. The predicted molar refractivity (Wildman–Crippen MR) is 75.7 cm³/mol. The summed E-state index contributed by atoms with van der Waals surface area (Å²) in [4.78, 5) is 26.5. The number of benzene rings is 1. The van der Waals surface area contributed by atoms with Gasteiger partial charge in [0.25, 0.3) is 5.91 Å². The zero-order valence-electron chi connectivity index (χ0n) is 12.0. The van der Waals surface area contributed by atoms with E-state index in [0.29, 0.717) is 32.6 Å². The number of carboxylic acids is 1. The van der Waals surface area contributed by atoms with Crippen molar-refractivity contribution < 1.29 is 19.1 Å². The van der Waals surface area contributed by atoms with Crippen LogP contribution in [0.2, 0.25) is 0 Å². The molecule has 0 saturated carbocycles. The first kappa shape index (κ1) is 15.4. The second kappa shape index (κ2) is 6.67. The van der Waals surface area contributed by atoms with Gasteiger partial charge in [-0.3, -0.25) is 14.5 Å². The van der Waals surface area contributed by atoms with Gasteiger partial charge in [0, 0.05) is 26.2 Å². The van der Waals surface area contributed by atoms with E-state index in [1.807, 2.05) is 6.92 Å². The van der Waals surface area contributed by atoms with E-state index in [4.69, 9.17) is 5.11 Å². The highest BCUT2D eigenvalue weighted by Gasteiger charge is 2.23. The van der Waals surface area contributed by atoms with Crippen LogP contribution < -0.4 is 0 Å². The average molecular weight is 294 g/mol. The molecule has 0 radical (unpaired) electrons. The number of carboxylic acid groups (broad SMARTS) is 1. The fourth-order valence-corrected chi connectivity index (χ4v) is 2.50. The first-order valence-corrected chi connectivity index (χ1v) is 6.97. The maximum Gasteiger partial charge on any atom is 0.317 e. The molecule has 114 valence electrons. The lowest BCUT2D eigenvalue weighted by Gasteiger charge is -2.21. The highest BCUT2D eigenvalue weighted by molar-refractivity contribution is 5.94. The average Bonchev–Trinajstić information content (AvgIpc) is 2.66. The number of aliphatic carboxylic acids is 1. The van der Waals surface area contributed by atoms with Gasteiger partial charge in [0.1, 0.15) is 5.82 Å². The largest absolute Gasteiger partial charge is 0.480 e. The molecule has 5 nitrogen and oxygen atoms in total. The molecule has 0 bridgehead atoms. The van der Waals surface area contributed by atoms with Gasteiger partial charge in [-0.2, -0.15) is 0 Å². The second-order valence-corrected chi connectivity index (χ2v) is 5.30. The molecule has 1 heterocycles. The minimum absolute atomic E-state index is 0.0269. The lowest BCUT2D eigenvalue weighted by molar-refractivity contribution is -0.138. The Kier molecular flexibility index (Phi) is 4.90. The summed E-state index contributed by atoms with van der Waals surface area (Å²) in [5.41, 5.74) is 0.920. The van der Waals surface area contributed by atoms with Crippen LogP contribution in [0.15, 0.2) is 18.2 Å². The van der Waals surface area contributed by atoms with E-state index in [9.17, 15) is 14.0 Å². The van der Waals surface area contributed by atoms with Crippen molar-refractivity contribution in [2.24, 2.45) is 0 Å². The van der Waals surface area contributed by atoms with E-state index in [-0.39, 0.29) is 18.0 Å². The summed E-state index contributed by atoms with van der Waals surface area (Å²) >= 11 is 0. The third-order valence-corrected chi connectivity index (χ3v) is 3.59. The summed E-state index contributed by atoms with van der Waals surface area (Å²) in [6.45, 7) is 3.84. The van der Waals surface area contributed by atoms with Crippen molar-refractivity contribution >= 4 is 11.9 Å². The number of carbonyl (C=O) groups excluding carboxylic acids is 1. The highest BCUT2D eigenvalue weighted by atomic mass is 19.1. The molecule has 0 unspecified atom stereocenters. The quantitative estimate of drug-likeness (QED) is 0.914. The topological polar surface area (TPSA) is 60.9 Å². The molecular formula is C15H19FN2O3. The fourth-order valence-electron chi connectivity index (χ4n) is 2.50. The molecule has 0 aliphatic carbocycles. The van der Waals surface area contributed by atoms with E-state index in [0.717, 1.165) is 5.56 Å². The summed E-state index contributed by atoms with van der Waals surface area (Å²) in [6.07, 6.45) is 0.687. The number of hydrogen-bond acceptors (Lipinski definition) is 3. The van der Waals surface area contributed by atoms with Gasteiger partial charge in [-0.25, -0.2) is 4.39 Å². The van der Waals surface area contributed by atoms with Gasteiger partial charge in [0.05, 0.1) is 12.1 Å². The van der Waals surface area contributed by atoms with E-state index in [1.54, 1.807) is 21.9 Å². The Morgan fingerprint density at radius 1 is 1.24 bits per heavy atom. The molecule has 0 spiro atoms. The minimum Gasteiger partial charge on any atom is -0.480 e. The van der Waals surface area contributed by atoms with Gasteiger partial charge in [-0.1, -0.05) is 11.6 Å². The summed E-state index contributed by atoms with van der Waals surface area (Å²) < 4.78 is 13.8. The third kappa shape index (κ3) is 4.01. The Labute approximate surface area is 123 Å². The van der Waals surface area contributed by atoms with Crippen LogP contribution in [0.25, 0.3) is 0 Å². The van der Waals surface area contributed by atoms with Crippen LogP contribution >= 0.6 is 0 Å². The molecule has 0 atom stereocenters. The standard InChI is InChI=1S/C15H19FN2O3/c1-11-3-4-13(16)12(9-11)15(21)18-6-2-5-17(7-8-18)10-14(19)20/h3-4,9H,2,5-8,10H2,1H3,(H,19,20).